The molecule has 146 valence electrons. The largest absolute Gasteiger partial charge is 0.348 e. The third-order valence-corrected chi connectivity index (χ3v) is 5.18. The maximum Gasteiger partial charge on any atom is 0.251 e. The fraction of sp³-hybridized carbons (Fsp3) is 0.200. The van der Waals surface area contributed by atoms with Gasteiger partial charge in [-0.05, 0) is 43.2 Å². The van der Waals surface area contributed by atoms with Crippen molar-refractivity contribution in [2.75, 3.05) is 4.31 Å². The Morgan fingerprint density at radius 1 is 1.11 bits per heavy atom. The van der Waals surface area contributed by atoms with E-state index in [1.165, 1.54) is 4.31 Å². The Bertz CT molecular complexity index is 1080. The Morgan fingerprint density at radius 3 is 2.46 bits per heavy atom. The number of thiol groups is 1. The molecule has 1 heterocycles. The number of nitrogens with one attached hydrogen (secondary N) is 1. The molecule has 0 atom stereocenters. The molecular formula is C20H22N4O3S. The molecule has 28 heavy (non-hydrogen) atoms. The first-order chi connectivity index (χ1) is 13.4. The van der Waals surface area contributed by atoms with E-state index in [4.69, 9.17) is 0 Å². The normalized spacial score (nSPS) is 10.9. The summed E-state index contributed by atoms with van der Waals surface area (Å²) >= 11 is 0. The monoisotopic (exact) mass is 398 g/mol. The van der Waals surface area contributed by atoms with Crippen LogP contribution in [-0.4, -0.2) is 24.1 Å². The molecule has 3 aromatic rings. The zero-order valence-electron chi connectivity index (χ0n) is 15.9. The number of benzene rings is 2. The summed E-state index contributed by atoms with van der Waals surface area (Å²) < 4.78 is 27.0. The molecule has 0 bridgehead atoms. The van der Waals surface area contributed by atoms with Crippen molar-refractivity contribution < 1.29 is 13.2 Å². The van der Waals surface area contributed by atoms with Crippen molar-refractivity contribution >= 4 is 28.2 Å². The summed E-state index contributed by atoms with van der Waals surface area (Å²) in [5.41, 5.74) is 3.88. The molecule has 0 aliphatic carbocycles. The van der Waals surface area contributed by atoms with E-state index < -0.39 is 10.9 Å². The summed E-state index contributed by atoms with van der Waals surface area (Å²) in [7, 11) is -1.12. The van der Waals surface area contributed by atoms with Crippen LogP contribution >= 0.6 is 0 Å². The number of carbonyl (C=O) groups excluding carboxylic acids is 1. The molecule has 0 spiro atoms. The topological polar surface area (TPSA) is 84.3 Å². The molecule has 1 aromatic heterocycles. The van der Waals surface area contributed by atoms with Crippen LogP contribution in [0.2, 0.25) is 0 Å². The van der Waals surface area contributed by atoms with E-state index in [0.717, 1.165) is 16.7 Å². The summed E-state index contributed by atoms with van der Waals surface area (Å²) in [6.07, 6.45) is 3.51. The van der Waals surface area contributed by atoms with E-state index in [2.05, 4.69) is 10.4 Å². The minimum atomic E-state index is -2.93. The predicted octanol–water partition coefficient (Wildman–Crippen LogP) is 2.63. The Kier molecular flexibility index (Phi) is 5.79. The first-order valence-corrected chi connectivity index (χ1v) is 9.86. The lowest BCUT2D eigenvalue weighted by Gasteiger charge is -2.22. The van der Waals surface area contributed by atoms with Gasteiger partial charge in [0, 0.05) is 30.9 Å². The summed E-state index contributed by atoms with van der Waals surface area (Å²) in [5.74, 6) is -0.282. The molecule has 7 nitrogen and oxygen atoms in total. The summed E-state index contributed by atoms with van der Waals surface area (Å²) in [5, 5.41) is 6.90. The van der Waals surface area contributed by atoms with Gasteiger partial charge in [-0.15, -0.1) is 0 Å². The number of aromatic nitrogens is 2. The maximum atomic E-state index is 12.6. The smallest absolute Gasteiger partial charge is 0.251 e. The highest BCUT2D eigenvalue weighted by atomic mass is 32.2. The van der Waals surface area contributed by atoms with Crippen molar-refractivity contribution in [1.82, 2.24) is 15.1 Å². The van der Waals surface area contributed by atoms with Crippen molar-refractivity contribution in [1.29, 1.82) is 0 Å². The molecule has 0 saturated carbocycles. The molecule has 1 N–H and O–H groups in total. The molecule has 0 unspecified atom stereocenters. The average Bonchev–Trinajstić information content (AvgIpc) is 3.08. The van der Waals surface area contributed by atoms with Crippen molar-refractivity contribution in [3.05, 3.63) is 77.1 Å². The van der Waals surface area contributed by atoms with Crippen LogP contribution in [0.5, 0.6) is 0 Å². The van der Waals surface area contributed by atoms with Crippen molar-refractivity contribution in [2.45, 2.75) is 20.4 Å². The van der Waals surface area contributed by atoms with Crippen LogP contribution in [0.3, 0.4) is 0 Å². The fourth-order valence-electron chi connectivity index (χ4n) is 2.93. The van der Waals surface area contributed by atoms with Crippen molar-refractivity contribution in [3.8, 4) is 0 Å². The van der Waals surface area contributed by atoms with Crippen molar-refractivity contribution in [3.63, 3.8) is 0 Å². The number of anilines is 2. The second-order valence-electron chi connectivity index (χ2n) is 6.54. The number of nitrogens with zero attached hydrogens (tertiary/aromatic N) is 3. The van der Waals surface area contributed by atoms with E-state index in [1.54, 1.807) is 41.2 Å². The van der Waals surface area contributed by atoms with Gasteiger partial charge >= 0.3 is 0 Å². The number of hydrogen-bond donors (Lipinski definition) is 2. The predicted molar refractivity (Wildman–Crippen MR) is 109 cm³/mol. The van der Waals surface area contributed by atoms with Gasteiger partial charge in [0.2, 0.25) is 10.9 Å². The minimum absolute atomic E-state index is 0.282. The summed E-state index contributed by atoms with van der Waals surface area (Å²) in [6.45, 7) is 4.00. The van der Waals surface area contributed by atoms with E-state index >= 15 is 0 Å². The lowest BCUT2D eigenvalue weighted by atomic mass is 10.1. The number of para-hydroxylation sites is 1. The summed E-state index contributed by atoms with van der Waals surface area (Å²) in [6, 6.07) is 12.3. The number of carbonyl (C=O) groups is 1. The molecule has 0 aliphatic heterocycles. The van der Waals surface area contributed by atoms with Gasteiger partial charge < -0.3 is 5.32 Å². The lowest BCUT2D eigenvalue weighted by molar-refractivity contribution is 0.0951. The first-order valence-electron chi connectivity index (χ1n) is 8.73. The highest BCUT2D eigenvalue weighted by Crippen LogP contribution is 2.31. The number of amides is 1. The SMILES string of the molecule is Cc1ccccc1N(c1cc(C(=O)NCc2cnn(C)c2)ccc1C)[SH](=O)=O. The van der Waals surface area contributed by atoms with Gasteiger partial charge in [0.05, 0.1) is 17.6 Å². The third kappa shape index (κ3) is 4.23. The second kappa shape index (κ2) is 8.26. The van der Waals surface area contributed by atoms with E-state index in [9.17, 15) is 13.2 Å². The molecule has 0 fully saturated rings. The lowest BCUT2D eigenvalue weighted by Crippen LogP contribution is -2.23. The molecular weight excluding hydrogens is 376 g/mol. The van der Waals surface area contributed by atoms with Gasteiger partial charge in [0.25, 0.3) is 5.91 Å². The molecule has 8 heteroatoms. The van der Waals surface area contributed by atoms with E-state index in [-0.39, 0.29) is 5.91 Å². The minimum Gasteiger partial charge on any atom is -0.348 e. The van der Waals surface area contributed by atoms with Gasteiger partial charge in [-0.2, -0.15) is 5.10 Å². The highest BCUT2D eigenvalue weighted by Gasteiger charge is 2.18. The Labute approximate surface area is 165 Å². The molecule has 1 amide bonds. The number of aryl methyl sites for hydroxylation is 3. The fourth-order valence-corrected chi connectivity index (χ4v) is 3.72. The van der Waals surface area contributed by atoms with Crippen LogP contribution in [0, 0.1) is 13.8 Å². The molecule has 2 aromatic carbocycles. The zero-order chi connectivity index (χ0) is 20.3. The zero-order valence-corrected chi connectivity index (χ0v) is 16.8. The maximum absolute atomic E-state index is 12.6. The van der Waals surface area contributed by atoms with Crippen LogP contribution in [0.4, 0.5) is 11.4 Å². The molecule has 3 rings (SSSR count). The highest BCUT2D eigenvalue weighted by molar-refractivity contribution is 7.74. The van der Waals surface area contributed by atoms with Gasteiger partial charge in [0.15, 0.2) is 0 Å². The van der Waals surface area contributed by atoms with Crippen LogP contribution in [-0.2, 0) is 24.5 Å². The summed E-state index contributed by atoms with van der Waals surface area (Å²) in [4.78, 5) is 12.6. The Morgan fingerprint density at radius 2 is 1.82 bits per heavy atom. The Balaban J connectivity index is 1.91. The third-order valence-electron chi connectivity index (χ3n) is 4.42. The van der Waals surface area contributed by atoms with Crippen LogP contribution in [0.1, 0.15) is 27.0 Å². The van der Waals surface area contributed by atoms with Gasteiger partial charge in [-0.1, -0.05) is 24.3 Å². The van der Waals surface area contributed by atoms with Gasteiger partial charge in [-0.25, -0.2) is 12.7 Å². The van der Waals surface area contributed by atoms with Crippen LogP contribution in [0.25, 0.3) is 0 Å². The van der Waals surface area contributed by atoms with E-state index in [1.807, 2.05) is 39.2 Å². The average molecular weight is 398 g/mol. The molecule has 0 saturated heterocycles. The quantitative estimate of drug-likeness (QED) is 0.625. The molecule has 0 radical (unpaired) electrons. The van der Waals surface area contributed by atoms with Crippen molar-refractivity contribution in [2.24, 2.45) is 7.05 Å². The standard InChI is InChI=1S/C20H22N4O3S/c1-14-6-4-5-7-18(14)24(28(26)27)19-10-17(9-8-15(19)2)20(25)21-11-16-12-22-23(3)13-16/h4-10,12-13,28H,11H2,1-3H3,(H,21,25). The van der Waals surface area contributed by atoms with Crippen LogP contribution in [0.15, 0.2) is 54.9 Å². The van der Waals surface area contributed by atoms with Gasteiger partial charge in [-0.3, -0.25) is 9.48 Å². The molecule has 0 aliphatic rings. The second-order valence-corrected chi connectivity index (χ2v) is 7.42. The van der Waals surface area contributed by atoms with Crippen LogP contribution < -0.4 is 9.62 Å². The first kappa shape index (κ1) is 19.6. The van der Waals surface area contributed by atoms with Gasteiger partial charge in [0.1, 0.15) is 0 Å². The Hall–Kier alpha value is -3.13. The number of hydrogen-bond acceptors (Lipinski definition) is 4. The van der Waals surface area contributed by atoms with E-state index in [0.29, 0.717) is 23.5 Å². The number of rotatable bonds is 6.